The number of carboxylic acids is 1. The van der Waals surface area contributed by atoms with Gasteiger partial charge in [-0.25, -0.2) is 4.79 Å². The number of carbonyl (C=O) groups is 1. The van der Waals surface area contributed by atoms with Crippen LogP contribution in [0.4, 0.5) is 5.69 Å². The number of rotatable bonds is 7. The summed E-state index contributed by atoms with van der Waals surface area (Å²) < 4.78 is 12.0. The number of nitrogens with zero attached hydrogens (tertiary/aromatic N) is 2. The Morgan fingerprint density at radius 1 is 1.15 bits per heavy atom. The van der Waals surface area contributed by atoms with Crippen LogP contribution in [0.3, 0.4) is 0 Å². The third-order valence-corrected chi connectivity index (χ3v) is 6.56. The molecule has 0 unspecified atom stereocenters. The second kappa shape index (κ2) is 10.2. The van der Waals surface area contributed by atoms with E-state index >= 15 is 0 Å². The smallest absolute Gasteiger partial charge is 0.335 e. The molecule has 1 aromatic heterocycles. The lowest BCUT2D eigenvalue weighted by Gasteiger charge is -2.33. The van der Waals surface area contributed by atoms with E-state index in [-0.39, 0.29) is 12.0 Å². The van der Waals surface area contributed by atoms with Gasteiger partial charge in [0.1, 0.15) is 11.5 Å². The molecule has 0 spiro atoms. The number of piperidine rings is 1. The predicted octanol–water partition coefficient (Wildman–Crippen LogP) is 6.66. The van der Waals surface area contributed by atoms with E-state index in [1.165, 1.54) is 0 Å². The molecule has 33 heavy (non-hydrogen) atoms. The van der Waals surface area contributed by atoms with Gasteiger partial charge in [-0.05, 0) is 49.2 Å². The molecule has 1 aliphatic rings. The fraction of sp³-hybridized carbons (Fsp3) is 0.360. The number of halogens is 2. The van der Waals surface area contributed by atoms with E-state index in [0.717, 1.165) is 42.9 Å². The maximum Gasteiger partial charge on any atom is 0.335 e. The quantitative estimate of drug-likeness (QED) is 0.400. The Hall–Kier alpha value is -2.54. The number of hydrogen-bond acceptors (Lipinski definition) is 5. The highest BCUT2D eigenvalue weighted by Crippen LogP contribution is 2.39. The lowest BCUT2D eigenvalue weighted by Crippen LogP contribution is -2.37. The first-order chi connectivity index (χ1) is 15.8. The van der Waals surface area contributed by atoms with Crippen LogP contribution in [0.2, 0.25) is 10.0 Å². The number of carboxylic acid groups (broad SMARTS) is 1. The van der Waals surface area contributed by atoms with Crippen LogP contribution < -0.4 is 4.90 Å². The van der Waals surface area contributed by atoms with Crippen LogP contribution >= 0.6 is 23.2 Å². The van der Waals surface area contributed by atoms with Crippen molar-refractivity contribution < 1.29 is 19.2 Å². The monoisotopic (exact) mass is 488 g/mol. The van der Waals surface area contributed by atoms with Crippen molar-refractivity contribution >= 4 is 34.9 Å². The van der Waals surface area contributed by atoms with Crippen molar-refractivity contribution in [1.82, 2.24) is 5.16 Å². The first-order valence-electron chi connectivity index (χ1n) is 11.0. The summed E-state index contributed by atoms with van der Waals surface area (Å²) in [5.74, 6) is -0.000661. The SMILES string of the molecule is CC(C)c1onc(-c2c(Cl)cccc2Cl)c1COC1CCN(c2ccc(C(=O)O)cc2)CC1. The van der Waals surface area contributed by atoms with Crippen molar-refractivity contribution in [2.75, 3.05) is 18.0 Å². The average molecular weight is 489 g/mol. The molecule has 1 N–H and O–H groups in total. The second-order valence-corrected chi connectivity index (χ2v) is 9.29. The van der Waals surface area contributed by atoms with Crippen molar-refractivity contribution in [3.05, 3.63) is 69.4 Å². The number of benzene rings is 2. The Bertz CT molecular complexity index is 1100. The van der Waals surface area contributed by atoms with E-state index < -0.39 is 5.97 Å². The summed E-state index contributed by atoms with van der Waals surface area (Å²) in [6, 6.07) is 12.4. The van der Waals surface area contributed by atoms with E-state index in [1.54, 1.807) is 30.3 Å². The van der Waals surface area contributed by atoms with Crippen molar-refractivity contribution in [3.63, 3.8) is 0 Å². The van der Waals surface area contributed by atoms with Crippen LogP contribution in [0.5, 0.6) is 0 Å². The molecule has 174 valence electrons. The van der Waals surface area contributed by atoms with Crippen molar-refractivity contribution in [2.24, 2.45) is 0 Å². The summed E-state index contributed by atoms with van der Waals surface area (Å²) in [6.45, 7) is 6.14. The number of aromatic nitrogens is 1. The van der Waals surface area contributed by atoms with E-state index in [9.17, 15) is 4.79 Å². The van der Waals surface area contributed by atoms with Crippen LogP contribution in [0.25, 0.3) is 11.3 Å². The fourth-order valence-corrected chi connectivity index (χ4v) is 4.71. The first-order valence-corrected chi connectivity index (χ1v) is 11.7. The first kappa shape index (κ1) is 23.6. The lowest BCUT2D eigenvalue weighted by molar-refractivity contribution is 0.0245. The van der Waals surface area contributed by atoms with E-state index in [0.29, 0.717) is 33.5 Å². The molecule has 4 rings (SSSR count). The van der Waals surface area contributed by atoms with Gasteiger partial charge in [-0.1, -0.05) is 48.3 Å². The van der Waals surface area contributed by atoms with Crippen LogP contribution in [0.15, 0.2) is 47.0 Å². The molecule has 1 saturated heterocycles. The van der Waals surface area contributed by atoms with Crippen molar-refractivity contribution in [1.29, 1.82) is 0 Å². The van der Waals surface area contributed by atoms with Crippen LogP contribution in [-0.4, -0.2) is 35.4 Å². The summed E-state index contributed by atoms with van der Waals surface area (Å²) >= 11 is 12.9. The van der Waals surface area contributed by atoms with Gasteiger partial charge < -0.3 is 19.3 Å². The molecule has 0 bridgehead atoms. The number of hydrogen-bond donors (Lipinski definition) is 1. The van der Waals surface area contributed by atoms with Gasteiger partial charge in [0.2, 0.25) is 0 Å². The highest BCUT2D eigenvalue weighted by molar-refractivity contribution is 6.39. The van der Waals surface area contributed by atoms with Gasteiger partial charge in [0.15, 0.2) is 0 Å². The minimum atomic E-state index is -0.916. The third-order valence-electron chi connectivity index (χ3n) is 5.93. The summed E-state index contributed by atoms with van der Waals surface area (Å²) in [5.41, 5.74) is 3.49. The van der Waals surface area contributed by atoms with Gasteiger partial charge in [0, 0.05) is 35.8 Å². The third kappa shape index (κ3) is 5.18. The van der Waals surface area contributed by atoms with Crippen LogP contribution in [-0.2, 0) is 11.3 Å². The summed E-state index contributed by atoms with van der Waals surface area (Å²) in [7, 11) is 0. The topological polar surface area (TPSA) is 75.8 Å². The minimum Gasteiger partial charge on any atom is -0.478 e. The highest BCUT2D eigenvalue weighted by Gasteiger charge is 2.26. The van der Waals surface area contributed by atoms with Gasteiger partial charge in [0.05, 0.1) is 28.3 Å². The Labute approximate surface area is 203 Å². The van der Waals surface area contributed by atoms with E-state index in [4.69, 9.17) is 37.6 Å². The van der Waals surface area contributed by atoms with Crippen LogP contribution in [0.1, 0.15) is 54.3 Å². The maximum atomic E-state index is 11.1. The maximum absolute atomic E-state index is 11.1. The van der Waals surface area contributed by atoms with Gasteiger partial charge in [-0.15, -0.1) is 0 Å². The van der Waals surface area contributed by atoms with Gasteiger partial charge in [-0.2, -0.15) is 0 Å². The summed E-state index contributed by atoms with van der Waals surface area (Å²) in [6.07, 6.45) is 1.83. The number of aromatic carboxylic acids is 1. The zero-order valence-electron chi connectivity index (χ0n) is 18.6. The van der Waals surface area contributed by atoms with E-state index in [2.05, 4.69) is 23.9 Å². The van der Waals surface area contributed by atoms with Gasteiger partial charge in [0.25, 0.3) is 0 Å². The molecule has 0 amide bonds. The molecule has 2 aromatic carbocycles. The van der Waals surface area contributed by atoms with Gasteiger partial charge >= 0.3 is 5.97 Å². The Kier molecular flexibility index (Phi) is 7.27. The standard InChI is InChI=1S/C25H26Cl2N2O4/c1-15(2)24-19(23(28-33-24)22-20(26)4-3-5-21(22)27)14-32-18-10-12-29(13-11-18)17-8-6-16(7-9-17)25(30)31/h3-9,15,18H,10-14H2,1-2H3,(H,30,31). The Morgan fingerprint density at radius 3 is 2.36 bits per heavy atom. The molecule has 3 aromatic rings. The van der Waals surface area contributed by atoms with E-state index in [1.807, 2.05) is 12.1 Å². The normalized spacial score (nSPS) is 14.8. The summed E-state index contributed by atoms with van der Waals surface area (Å²) in [5, 5.41) is 14.4. The molecular weight excluding hydrogens is 463 g/mol. The van der Waals surface area contributed by atoms with Crippen molar-refractivity contribution in [3.8, 4) is 11.3 Å². The fourth-order valence-electron chi connectivity index (χ4n) is 4.13. The molecule has 0 atom stereocenters. The molecule has 0 aliphatic carbocycles. The zero-order valence-corrected chi connectivity index (χ0v) is 20.1. The van der Waals surface area contributed by atoms with Gasteiger partial charge in [-0.3, -0.25) is 0 Å². The minimum absolute atomic E-state index is 0.101. The molecule has 1 fully saturated rings. The molecule has 8 heteroatoms. The molecule has 2 heterocycles. The second-order valence-electron chi connectivity index (χ2n) is 8.47. The Balaban J connectivity index is 1.44. The van der Waals surface area contributed by atoms with Crippen LogP contribution in [0, 0.1) is 0 Å². The zero-order chi connectivity index (χ0) is 23.5. The average Bonchev–Trinajstić information content (AvgIpc) is 3.22. The summed E-state index contributed by atoms with van der Waals surface area (Å²) in [4.78, 5) is 13.3. The molecule has 0 saturated carbocycles. The number of anilines is 1. The number of ether oxygens (including phenoxy) is 1. The largest absolute Gasteiger partial charge is 0.478 e. The highest BCUT2D eigenvalue weighted by atomic mass is 35.5. The molecular formula is C25H26Cl2N2O4. The van der Waals surface area contributed by atoms with Crippen molar-refractivity contribution in [2.45, 2.75) is 45.3 Å². The molecule has 1 aliphatic heterocycles. The Morgan fingerprint density at radius 2 is 1.79 bits per heavy atom. The lowest BCUT2D eigenvalue weighted by atomic mass is 10.0. The predicted molar refractivity (Wildman–Crippen MR) is 129 cm³/mol. The molecule has 6 nitrogen and oxygen atoms in total. The molecule has 0 radical (unpaired) electrons.